The molecule has 5 saturated carbocycles. The van der Waals surface area contributed by atoms with E-state index in [2.05, 4.69) is 34.3 Å². The zero-order valence-electron chi connectivity index (χ0n) is 22.4. The number of allylic oxidation sites excluding steroid dienone is 1. The van der Waals surface area contributed by atoms with Gasteiger partial charge in [0.1, 0.15) is 0 Å². The van der Waals surface area contributed by atoms with Crippen molar-refractivity contribution in [2.45, 2.75) is 105 Å². The van der Waals surface area contributed by atoms with E-state index in [9.17, 15) is 24.9 Å². The van der Waals surface area contributed by atoms with E-state index in [0.29, 0.717) is 25.2 Å². The smallest absolute Gasteiger partial charge is 0.310 e. The summed E-state index contributed by atoms with van der Waals surface area (Å²) in [5.74, 6) is -0.959. The quantitative estimate of drug-likeness (QED) is 0.416. The fraction of sp³-hybridized carbons (Fsp3) is 0.867. The van der Waals surface area contributed by atoms with Gasteiger partial charge in [-0.15, -0.1) is 0 Å². The molecule has 0 aliphatic heterocycles. The lowest BCUT2D eigenvalue weighted by atomic mass is 9.32. The Morgan fingerprint density at radius 1 is 0.800 bits per heavy atom. The van der Waals surface area contributed by atoms with Crippen LogP contribution in [0, 0.1) is 56.7 Å². The third-order valence-corrected chi connectivity index (χ3v) is 13.3. The molecule has 0 aromatic rings. The van der Waals surface area contributed by atoms with Crippen LogP contribution in [-0.2, 0) is 9.59 Å². The Hall–Kier alpha value is -1.36. The van der Waals surface area contributed by atoms with Crippen LogP contribution in [0.2, 0.25) is 0 Å². The first-order chi connectivity index (χ1) is 16.2. The van der Waals surface area contributed by atoms with E-state index in [4.69, 9.17) is 0 Å². The Morgan fingerprint density at radius 2 is 1.49 bits per heavy atom. The van der Waals surface area contributed by atoms with Gasteiger partial charge in [0.15, 0.2) is 0 Å². The summed E-state index contributed by atoms with van der Waals surface area (Å²) in [4.78, 5) is 26.3. The summed E-state index contributed by atoms with van der Waals surface area (Å²) in [7, 11) is 0. The minimum atomic E-state index is -0.897. The molecule has 0 bridgehead atoms. The molecule has 3 N–H and O–H groups in total. The SMILES string of the molecule is C=C(C)C1CC[C@]2(C(=O)O)CC[C@]3(C(=O)O)C(CCC4[C@@]5(C)CC[C@H](O)C(C)(C)C5CC[C@]43C)C12. The molecule has 35 heavy (non-hydrogen) atoms. The van der Waals surface area contributed by atoms with Gasteiger partial charge in [0.05, 0.1) is 16.9 Å². The highest BCUT2D eigenvalue weighted by Gasteiger charge is 2.75. The predicted octanol–water partition coefficient (Wildman–Crippen LogP) is 6.15. The number of aliphatic carboxylic acids is 2. The molecule has 5 aliphatic carbocycles. The van der Waals surface area contributed by atoms with Crippen molar-refractivity contribution in [2.24, 2.45) is 56.7 Å². The number of carboxylic acids is 2. The van der Waals surface area contributed by atoms with Gasteiger partial charge in [-0.05, 0) is 117 Å². The van der Waals surface area contributed by atoms with E-state index >= 15 is 0 Å². The average molecular weight is 487 g/mol. The molecule has 5 rings (SSSR count). The molecule has 0 aromatic carbocycles. The molecule has 0 saturated heterocycles. The molecule has 0 amide bonds. The first-order valence-electron chi connectivity index (χ1n) is 14.0. The Bertz CT molecular complexity index is 954. The van der Waals surface area contributed by atoms with Crippen LogP contribution in [0.5, 0.6) is 0 Å². The maximum atomic E-state index is 13.5. The first-order valence-corrected chi connectivity index (χ1v) is 14.0. The second-order valence-corrected chi connectivity index (χ2v) is 14.4. The van der Waals surface area contributed by atoms with Crippen LogP contribution in [0.4, 0.5) is 0 Å². The highest BCUT2D eigenvalue weighted by atomic mass is 16.4. The second kappa shape index (κ2) is 7.58. The summed E-state index contributed by atoms with van der Waals surface area (Å²) in [6.45, 7) is 15.3. The fourth-order valence-corrected chi connectivity index (χ4v) is 11.6. The van der Waals surface area contributed by atoms with E-state index < -0.39 is 22.8 Å². The predicted molar refractivity (Wildman–Crippen MR) is 135 cm³/mol. The van der Waals surface area contributed by atoms with Crippen molar-refractivity contribution in [1.82, 2.24) is 0 Å². The Morgan fingerprint density at radius 3 is 2.09 bits per heavy atom. The van der Waals surface area contributed by atoms with Crippen molar-refractivity contribution in [3.05, 3.63) is 12.2 Å². The third-order valence-electron chi connectivity index (χ3n) is 13.3. The Labute approximate surface area is 210 Å². The van der Waals surface area contributed by atoms with Crippen LogP contribution < -0.4 is 0 Å². The van der Waals surface area contributed by atoms with Gasteiger partial charge in [0.2, 0.25) is 0 Å². The van der Waals surface area contributed by atoms with Gasteiger partial charge in [0.25, 0.3) is 0 Å². The van der Waals surface area contributed by atoms with E-state index in [1.807, 2.05) is 6.92 Å². The number of rotatable bonds is 3. The van der Waals surface area contributed by atoms with Gasteiger partial charge in [0, 0.05) is 0 Å². The molecular formula is C30H46O5. The van der Waals surface area contributed by atoms with Gasteiger partial charge >= 0.3 is 11.9 Å². The van der Waals surface area contributed by atoms with Crippen LogP contribution in [0.1, 0.15) is 98.8 Å². The molecule has 0 heterocycles. The van der Waals surface area contributed by atoms with E-state index in [-0.39, 0.29) is 46.0 Å². The highest BCUT2D eigenvalue weighted by molar-refractivity contribution is 5.80. The number of hydrogen-bond donors (Lipinski definition) is 3. The van der Waals surface area contributed by atoms with Crippen LogP contribution in [-0.4, -0.2) is 33.4 Å². The normalized spacial score (nSPS) is 52.4. The van der Waals surface area contributed by atoms with Crippen molar-refractivity contribution < 1.29 is 24.9 Å². The fourth-order valence-electron chi connectivity index (χ4n) is 11.6. The van der Waals surface area contributed by atoms with E-state index in [1.165, 1.54) is 0 Å². The topological polar surface area (TPSA) is 94.8 Å². The number of fused-ring (bicyclic) bond motifs is 7. The number of aliphatic hydroxyl groups excluding tert-OH is 1. The van der Waals surface area contributed by atoms with Gasteiger partial charge < -0.3 is 15.3 Å². The van der Waals surface area contributed by atoms with Crippen LogP contribution in [0.3, 0.4) is 0 Å². The van der Waals surface area contributed by atoms with Crippen molar-refractivity contribution in [2.75, 3.05) is 0 Å². The first kappa shape index (κ1) is 25.3. The monoisotopic (exact) mass is 486 g/mol. The highest BCUT2D eigenvalue weighted by Crippen LogP contribution is 2.77. The summed E-state index contributed by atoms with van der Waals surface area (Å²) in [5.41, 5.74) is -1.25. The molecular weight excluding hydrogens is 440 g/mol. The number of carbonyl (C=O) groups is 2. The Kier molecular flexibility index (Phi) is 5.48. The van der Waals surface area contributed by atoms with Crippen molar-refractivity contribution >= 4 is 11.9 Å². The van der Waals surface area contributed by atoms with Crippen molar-refractivity contribution in [3.8, 4) is 0 Å². The summed E-state index contributed by atoms with van der Waals surface area (Å²) in [5, 5.41) is 32.5. The minimum Gasteiger partial charge on any atom is -0.481 e. The van der Waals surface area contributed by atoms with Crippen molar-refractivity contribution in [3.63, 3.8) is 0 Å². The molecule has 196 valence electrons. The zero-order valence-corrected chi connectivity index (χ0v) is 22.4. The van der Waals surface area contributed by atoms with Gasteiger partial charge in [-0.3, -0.25) is 9.59 Å². The maximum Gasteiger partial charge on any atom is 0.310 e. The van der Waals surface area contributed by atoms with Crippen LogP contribution in [0.25, 0.3) is 0 Å². The second-order valence-electron chi connectivity index (χ2n) is 14.4. The number of carboxylic acid groups (broad SMARTS) is 2. The summed E-state index contributed by atoms with van der Waals surface area (Å²) >= 11 is 0. The summed E-state index contributed by atoms with van der Waals surface area (Å²) < 4.78 is 0. The number of hydrogen-bond acceptors (Lipinski definition) is 3. The lowest BCUT2D eigenvalue weighted by Crippen LogP contribution is -2.69. The molecule has 10 atom stereocenters. The minimum absolute atomic E-state index is 0.00604. The molecule has 0 aromatic heterocycles. The molecule has 5 aliphatic rings. The molecule has 5 fully saturated rings. The third kappa shape index (κ3) is 2.85. The van der Waals surface area contributed by atoms with Gasteiger partial charge in [-0.2, -0.15) is 0 Å². The standard InChI is InChI=1S/C30H46O5/c1-17(2)18-9-14-29(24(32)33)15-16-30(25(34)35)19(23(18)29)7-8-21-27(5)12-11-22(31)26(3,4)20(27)10-13-28(21,30)6/h18-23,31H,1,7-16H2,2-6H3,(H,32,33)(H,34,35)/t18?,19?,20?,21?,22-,23?,27-,28+,29-,30+/m0/s1. The van der Waals surface area contributed by atoms with Crippen molar-refractivity contribution in [1.29, 1.82) is 0 Å². The summed E-state index contributed by atoms with van der Waals surface area (Å²) in [6, 6.07) is 0. The maximum absolute atomic E-state index is 13.5. The molecule has 5 heteroatoms. The van der Waals surface area contributed by atoms with Gasteiger partial charge in [-0.25, -0.2) is 0 Å². The average Bonchev–Trinajstić information content (AvgIpc) is 3.18. The van der Waals surface area contributed by atoms with E-state index in [1.54, 1.807) is 0 Å². The number of aliphatic hydroxyl groups is 1. The lowest BCUT2D eigenvalue weighted by molar-refractivity contribution is -0.254. The van der Waals surface area contributed by atoms with Gasteiger partial charge in [-0.1, -0.05) is 39.8 Å². The largest absolute Gasteiger partial charge is 0.481 e. The lowest BCUT2D eigenvalue weighted by Gasteiger charge is -2.71. The van der Waals surface area contributed by atoms with Crippen LogP contribution in [0.15, 0.2) is 12.2 Å². The zero-order chi connectivity index (χ0) is 25.8. The molecule has 5 unspecified atom stereocenters. The molecule has 5 nitrogen and oxygen atoms in total. The Balaban J connectivity index is 1.64. The molecule has 0 radical (unpaired) electrons. The summed E-state index contributed by atoms with van der Waals surface area (Å²) in [6.07, 6.45) is 7.34. The van der Waals surface area contributed by atoms with Crippen LogP contribution >= 0.6 is 0 Å². The van der Waals surface area contributed by atoms with E-state index in [0.717, 1.165) is 50.5 Å². The molecule has 0 spiro atoms.